The highest BCUT2D eigenvalue weighted by atomic mass is 32.2. The number of aromatic nitrogens is 6. The zero-order valence-corrected chi connectivity index (χ0v) is 16.3. The highest BCUT2D eigenvalue weighted by molar-refractivity contribution is 7.99. The molecule has 1 amide bonds. The smallest absolute Gasteiger partial charge is 0.233 e. The van der Waals surface area contributed by atoms with Crippen LogP contribution in [0.4, 0.5) is 5.95 Å². The summed E-state index contributed by atoms with van der Waals surface area (Å²) in [4.78, 5) is 29.1. The van der Waals surface area contributed by atoms with E-state index < -0.39 is 0 Å². The number of carbonyl (C=O) groups is 1. The molecule has 144 valence electrons. The average Bonchev–Trinajstić information content (AvgIpc) is 3.13. The van der Waals surface area contributed by atoms with Crippen molar-refractivity contribution in [1.29, 1.82) is 0 Å². The minimum atomic E-state index is 0.104. The van der Waals surface area contributed by atoms with Gasteiger partial charge in [-0.15, -0.1) is 10.2 Å². The van der Waals surface area contributed by atoms with Gasteiger partial charge in [-0.1, -0.05) is 11.8 Å². The quantitative estimate of drug-likeness (QED) is 0.592. The standard InChI is InChI=1S/C18H20N8OS/c1-24-16(14-3-7-19-8-4-14)22-23-18(24)28-13-15(27)25-9-11-26(12-10-25)17-20-5-2-6-21-17/h2-8H,9-13H2,1H3. The van der Waals surface area contributed by atoms with Gasteiger partial charge in [0.05, 0.1) is 5.75 Å². The minimum absolute atomic E-state index is 0.104. The predicted octanol–water partition coefficient (Wildman–Crippen LogP) is 1.11. The lowest BCUT2D eigenvalue weighted by Gasteiger charge is -2.34. The van der Waals surface area contributed by atoms with Crippen molar-refractivity contribution in [3.05, 3.63) is 43.0 Å². The van der Waals surface area contributed by atoms with Crippen LogP contribution in [0, 0.1) is 0 Å². The van der Waals surface area contributed by atoms with Gasteiger partial charge >= 0.3 is 0 Å². The fraction of sp³-hybridized carbons (Fsp3) is 0.333. The van der Waals surface area contributed by atoms with E-state index in [9.17, 15) is 4.79 Å². The number of pyridine rings is 1. The summed E-state index contributed by atoms with van der Waals surface area (Å²) in [6.07, 6.45) is 6.91. The van der Waals surface area contributed by atoms with E-state index in [1.54, 1.807) is 30.9 Å². The van der Waals surface area contributed by atoms with Gasteiger partial charge in [-0.25, -0.2) is 9.97 Å². The Balaban J connectivity index is 1.31. The van der Waals surface area contributed by atoms with Crippen LogP contribution in [0.2, 0.25) is 0 Å². The molecule has 0 unspecified atom stereocenters. The molecule has 4 heterocycles. The van der Waals surface area contributed by atoms with E-state index in [-0.39, 0.29) is 5.91 Å². The molecule has 0 saturated carbocycles. The SMILES string of the molecule is Cn1c(SCC(=O)N2CCN(c3ncccn3)CC2)nnc1-c1ccncc1. The molecular formula is C18H20N8OS. The molecule has 1 saturated heterocycles. The largest absolute Gasteiger partial charge is 0.338 e. The second kappa shape index (κ2) is 8.34. The maximum absolute atomic E-state index is 12.6. The number of hydrogen-bond acceptors (Lipinski definition) is 8. The second-order valence-electron chi connectivity index (χ2n) is 6.31. The molecule has 3 aromatic heterocycles. The van der Waals surface area contributed by atoms with Gasteiger partial charge in [-0.3, -0.25) is 9.78 Å². The first-order chi connectivity index (χ1) is 13.7. The Bertz CT molecular complexity index is 925. The van der Waals surface area contributed by atoms with E-state index in [4.69, 9.17) is 0 Å². The average molecular weight is 396 g/mol. The molecule has 4 rings (SSSR count). The first-order valence-electron chi connectivity index (χ1n) is 8.94. The molecule has 0 bridgehead atoms. The van der Waals surface area contributed by atoms with E-state index in [1.807, 2.05) is 28.6 Å². The Labute approximate surface area is 166 Å². The van der Waals surface area contributed by atoms with Crippen LogP contribution in [0.15, 0.2) is 48.1 Å². The highest BCUT2D eigenvalue weighted by Crippen LogP contribution is 2.22. The van der Waals surface area contributed by atoms with Crippen LogP contribution >= 0.6 is 11.8 Å². The Morgan fingerprint density at radius 2 is 1.75 bits per heavy atom. The molecular weight excluding hydrogens is 376 g/mol. The third kappa shape index (κ3) is 3.96. The minimum Gasteiger partial charge on any atom is -0.338 e. The van der Waals surface area contributed by atoms with Crippen LogP contribution in [0.1, 0.15) is 0 Å². The lowest BCUT2D eigenvalue weighted by Crippen LogP contribution is -2.49. The Morgan fingerprint density at radius 1 is 1.04 bits per heavy atom. The molecule has 10 heteroatoms. The van der Waals surface area contributed by atoms with Gasteiger partial charge in [0.25, 0.3) is 0 Å². The number of rotatable bonds is 5. The normalized spacial score (nSPS) is 14.3. The Morgan fingerprint density at radius 3 is 2.46 bits per heavy atom. The molecule has 1 aliphatic heterocycles. The Kier molecular flexibility index (Phi) is 5.47. The van der Waals surface area contributed by atoms with Gasteiger partial charge in [0.15, 0.2) is 11.0 Å². The summed E-state index contributed by atoms with van der Waals surface area (Å²) in [5.74, 6) is 1.91. The first kappa shape index (κ1) is 18.4. The number of thioether (sulfide) groups is 1. The van der Waals surface area contributed by atoms with Crippen LogP contribution < -0.4 is 4.90 Å². The topological polar surface area (TPSA) is 92.9 Å². The number of carbonyl (C=O) groups excluding carboxylic acids is 1. The van der Waals surface area contributed by atoms with Crippen molar-refractivity contribution >= 4 is 23.6 Å². The summed E-state index contributed by atoms with van der Waals surface area (Å²) in [5, 5.41) is 9.18. The summed E-state index contributed by atoms with van der Waals surface area (Å²) in [6.45, 7) is 2.80. The van der Waals surface area contributed by atoms with Crippen molar-refractivity contribution in [2.75, 3.05) is 36.8 Å². The van der Waals surface area contributed by atoms with E-state index in [0.717, 1.165) is 29.6 Å². The van der Waals surface area contributed by atoms with Crippen LogP contribution in [0.5, 0.6) is 0 Å². The highest BCUT2D eigenvalue weighted by Gasteiger charge is 2.23. The maximum Gasteiger partial charge on any atom is 0.233 e. The number of anilines is 1. The fourth-order valence-corrected chi connectivity index (χ4v) is 3.83. The number of piperazine rings is 1. The van der Waals surface area contributed by atoms with E-state index in [1.165, 1.54) is 11.8 Å². The van der Waals surface area contributed by atoms with Crippen molar-refractivity contribution < 1.29 is 4.79 Å². The van der Waals surface area contributed by atoms with Crippen LogP contribution in [0.25, 0.3) is 11.4 Å². The predicted molar refractivity (Wildman–Crippen MR) is 106 cm³/mol. The van der Waals surface area contributed by atoms with Gasteiger partial charge in [0.1, 0.15) is 0 Å². The summed E-state index contributed by atoms with van der Waals surface area (Å²) < 4.78 is 1.90. The van der Waals surface area contributed by atoms with Crippen molar-refractivity contribution in [3.8, 4) is 11.4 Å². The fourth-order valence-electron chi connectivity index (χ4n) is 3.02. The summed E-state index contributed by atoms with van der Waals surface area (Å²) in [5.41, 5.74) is 0.947. The van der Waals surface area contributed by atoms with Crippen LogP contribution in [-0.4, -0.2) is 72.5 Å². The van der Waals surface area contributed by atoms with Gasteiger partial charge in [-0.2, -0.15) is 0 Å². The molecule has 0 aromatic carbocycles. The van der Waals surface area contributed by atoms with Crippen molar-refractivity contribution in [2.24, 2.45) is 7.05 Å². The monoisotopic (exact) mass is 396 g/mol. The molecule has 1 aliphatic rings. The first-order valence-corrected chi connectivity index (χ1v) is 9.93. The molecule has 1 fully saturated rings. The molecule has 3 aromatic rings. The summed E-state index contributed by atoms with van der Waals surface area (Å²) in [6, 6.07) is 5.58. The number of nitrogens with zero attached hydrogens (tertiary/aromatic N) is 8. The zero-order valence-electron chi connectivity index (χ0n) is 15.5. The van der Waals surface area contributed by atoms with Gasteiger partial charge in [-0.05, 0) is 18.2 Å². The molecule has 0 N–H and O–H groups in total. The molecule has 28 heavy (non-hydrogen) atoms. The van der Waals surface area contributed by atoms with Gasteiger partial charge < -0.3 is 14.4 Å². The van der Waals surface area contributed by atoms with Crippen LogP contribution in [0.3, 0.4) is 0 Å². The van der Waals surface area contributed by atoms with Crippen molar-refractivity contribution in [2.45, 2.75) is 5.16 Å². The molecule has 0 atom stereocenters. The Hall–Kier alpha value is -3.01. The lowest BCUT2D eigenvalue weighted by molar-refractivity contribution is -0.128. The van der Waals surface area contributed by atoms with E-state index in [2.05, 4.69) is 30.0 Å². The van der Waals surface area contributed by atoms with E-state index in [0.29, 0.717) is 24.8 Å². The summed E-state index contributed by atoms with van der Waals surface area (Å²) >= 11 is 1.41. The maximum atomic E-state index is 12.6. The molecule has 0 spiro atoms. The van der Waals surface area contributed by atoms with Crippen molar-refractivity contribution in [3.63, 3.8) is 0 Å². The van der Waals surface area contributed by atoms with Crippen molar-refractivity contribution in [1.82, 2.24) is 34.6 Å². The van der Waals surface area contributed by atoms with Gasteiger partial charge in [0.2, 0.25) is 11.9 Å². The molecule has 0 aliphatic carbocycles. The summed E-state index contributed by atoms with van der Waals surface area (Å²) in [7, 11) is 1.90. The zero-order chi connectivity index (χ0) is 19.3. The third-order valence-electron chi connectivity index (χ3n) is 4.57. The number of hydrogen-bond donors (Lipinski definition) is 0. The van der Waals surface area contributed by atoms with E-state index >= 15 is 0 Å². The number of amides is 1. The lowest BCUT2D eigenvalue weighted by atomic mass is 10.2. The van der Waals surface area contributed by atoms with Crippen LogP contribution in [-0.2, 0) is 11.8 Å². The second-order valence-corrected chi connectivity index (χ2v) is 7.25. The molecule has 9 nitrogen and oxygen atoms in total. The third-order valence-corrected chi connectivity index (χ3v) is 5.57. The molecule has 0 radical (unpaired) electrons. The van der Waals surface area contributed by atoms with Gasteiger partial charge in [0, 0.05) is 63.6 Å².